The molecule has 2 heterocycles. The number of H-pyrrole nitrogens is 1. The van der Waals surface area contributed by atoms with Crippen LogP contribution in [0.4, 0.5) is 10.1 Å². The van der Waals surface area contributed by atoms with Crippen LogP contribution in [0.5, 0.6) is 0 Å². The molecule has 0 saturated carbocycles. The molecule has 2 aromatic carbocycles. The number of anilines is 1. The highest BCUT2D eigenvalue weighted by molar-refractivity contribution is 6.31. The molecule has 0 radical (unpaired) electrons. The van der Waals surface area contributed by atoms with E-state index in [1.165, 1.54) is 24.1 Å². The highest BCUT2D eigenvalue weighted by Crippen LogP contribution is 2.24. The molecule has 1 fully saturated rings. The molecule has 4 rings (SSSR count). The number of imidazole rings is 1. The van der Waals surface area contributed by atoms with Crippen LogP contribution in [0.1, 0.15) is 22.2 Å². The van der Waals surface area contributed by atoms with Gasteiger partial charge in [-0.2, -0.15) is 0 Å². The van der Waals surface area contributed by atoms with Crippen LogP contribution in [0.3, 0.4) is 0 Å². The number of halogens is 2. The number of nitrogens with one attached hydrogen (secondary N) is 2. The molecule has 1 aliphatic heterocycles. The van der Waals surface area contributed by atoms with Crippen molar-refractivity contribution in [2.24, 2.45) is 0 Å². The van der Waals surface area contributed by atoms with Gasteiger partial charge in [0, 0.05) is 24.2 Å². The summed E-state index contributed by atoms with van der Waals surface area (Å²) >= 11 is 6.02. The van der Waals surface area contributed by atoms with Gasteiger partial charge in [0.2, 0.25) is 0 Å². The Bertz CT molecular complexity index is 1140. The van der Waals surface area contributed by atoms with Gasteiger partial charge in [-0.25, -0.2) is 9.37 Å². The number of rotatable bonds is 6. The van der Waals surface area contributed by atoms with Crippen LogP contribution >= 0.6 is 11.6 Å². The number of hydrogen-bond acceptors (Lipinski definition) is 5. The zero-order valence-electron chi connectivity index (χ0n) is 16.7. The van der Waals surface area contributed by atoms with Crippen LogP contribution in [0, 0.1) is 5.82 Å². The summed E-state index contributed by atoms with van der Waals surface area (Å²) in [4.78, 5) is 33.7. The molecule has 1 saturated heterocycles. The van der Waals surface area contributed by atoms with E-state index in [0.29, 0.717) is 23.0 Å². The fourth-order valence-corrected chi connectivity index (χ4v) is 3.58. The van der Waals surface area contributed by atoms with E-state index in [4.69, 9.17) is 21.1 Å². The van der Waals surface area contributed by atoms with E-state index in [-0.39, 0.29) is 36.9 Å². The number of benzene rings is 2. The van der Waals surface area contributed by atoms with Gasteiger partial charge in [0.15, 0.2) is 0 Å². The van der Waals surface area contributed by atoms with Gasteiger partial charge in [0.25, 0.3) is 11.8 Å². The fraction of sp³-hybridized carbons (Fsp3) is 0.286. The SMILES string of the molecule is COCC(NC(=O)c1ccc(N2CCOCC2=O)c(F)c1)c1nc2ccc(Cl)cc2[nH]1. The Kier molecular flexibility index (Phi) is 6.17. The standard InChI is InChI=1S/C21H20ClFN4O4/c1-30-10-17(20-24-15-4-3-13(22)9-16(15)25-20)26-21(29)12-2-5-18(14(23)8-12)27-6-7-31-11-19(27)28/h2-5,8-9,17H,6-7,10-11H2,1H3,(H,24,25)(H,26,29). The summed E-state index contributed by atoms with van der Waals surface area (Å²) in [7, 11) is 1.51. The third-order valence-electron chi connectivity index (χ3n) is 4.92. The maximum Gasteiger partial charge on any atom is 0.253 e. The monoisotopic (exact) mass is 446 g/mol. The molecule has 3 aromatic rings. The number of hydrogen-bond donors (Lipinski definition) is 2. The Morgan fingerprint density at radius 1 is 1.39 bits per heavy atom. The number of nitrogens with zero attached hydrogens (tertiary/aromatic N) is 2. The van der Waals surface area contributed by atoms with Gasteiger partial charge < -0.3 is 24.7 Å². The number of morpholine rings is 1. The first-order valence-corrected chi connectivity index (χ1v) is 9.96. The fourth-order valence-electron chi connectivity index (χ4n) is 3.40. The van der Waals surface area contributed by atoms with Crippen LogP contribution in [0.25, 0.3) is 11.0 Å². The van der Waals surface area contributed by atoms with Crippen LogP contribution in [-0.4, -0.2) is 55.3 Å². The van der Waals surface area contributed by atoms with Gasteiger partial charge in [-0.3, -0.25) is 9.59 Å². The summed E-state index contributed by atoms with van der Waals surface area (Å²) in [5, 5.41) is 3.36. The Morgan fingerprint density at radius 3 is 2.97 bits per heavy atom. The summed E-state index contributed by atoms with van der Waals surface area (Å²) in [5.41, 5.74) is 1.65. The molecular formula is C21H20ClFN4O4. The molecular weight excluding hydrogens is 427 g/mol. The Balaban J connectivity index is 1.54. The number of aromatic nitrogens is 2. The quantitative estimate of drug-likeness (QED) is 0.607. The van der Waals surface area contributed by atoms with Crippen LogP contribution in [0.2, 0.25) is 5.02 Å². The number of amides is 2. The molecule has 1 aliphatic rings. The number of fused-ring (bicyclic) bond motifs is 1. The molecule has 10 heteroatoms. The van der Waals surface area contributed by atoms with E-state index < -0.39 is 17.8 Å². The second-order valence-electron chi connectivity index (χ2n) is 7.03. The molecule has 2 amide bonds. The smallest absolute Gasteiger partial charge is 0.253 e. The summed E-state index contributed by atoms with van der Waals surface area (Å²) < 4.78 is 25.0. The van der Waals surface area contributed by atoms with E-state index in [9.17, 15) is 14.0 Å². The molecule has 2 N–H and O–H groups in total. The van der Waals surface area contributed by atoms with Crippen molar-refractivity contribution in [2.45, 2.75) is 6.04 Å². The third kappa shape index (κ3) is 4.53. The van der Waals surface area contributed by atoms with E-state index in [1.54, 1.807) is 18.2 Å². The van der Waals surface area contributed by atoms with Crippen molar-refractivity contribution in [3.8, 4) is 0 Å². The van der Waals surface area contributed by atoms with Crippen molar-refractivity contribution in [3.63, 3.8) is 0 Å². The van der Waals surface area contributed by atoms with Crippen molar-refractivity contribution >= 4 is 40.1 Å². The number of aromatic amines is 1. The maximum absolute atomic E-state index is 14.7. The topological polar surface area (TPSA) is 96.6 Å². The van der Waals surface area contributed by atoms with Crippen LogP contribution in [-0.2, 0) is 14.3 Å². The zero-order valence-corrected chi connectivity index (χ0v) is 17.4. The molecule has 0 aliphatic carbocycles. The lowest BCUT2D eigenvalue weighted by atomic mass is 10.1. The van der Waals surface area contributed by atoms with Crippen molar-refractivity contribution < 1.29 is 23.5 Å². The number of carbonyl (C=O) groups excluding carboxylic acids is 2. The Morgan fingerprint density at radius 2 is 2.23 bits per heavy atom. The van der Waals surface area contributed by atoms with Gasteiger partial charge in [-0.1, -0.05) is 11.6 Å². The predicted octanol–water partition coefficient (Wildman–Crippen LogP) is 2.84. The van der Waals surface area contributed by atoms with Gasteiger partial charge in [0.05, 0.1) is 29.9 Å². The Hall–Kier alpha value is -3.01. The number of methoxy groups -OCH3 is 1. The van der Waals surface area contributed by atoms with Crippen molar-refractivity contribution in [3.05, 3.63) is 58.6 Å². The first-order chi connectivity index (χ1) is 15.0. The normalized spacial score (nSPS) is 15.3. The maximum atomic E-state index is 14.7. The molecule has 1 unspecified atom stereocenters. The zero-order chi connectivity index (χ0) is 22.0. The minimum atomic E-state index is -0.662. The lowest BCUT2D eigenvalue weighted by molar-refractivity contribution is -0.125. The van der Waals surface area contributed by atoms with E-state index in [2.05, 4.69) is 15.3 Å². The lowest BCUT2D eigenvalue weighted by Crippen LogP contribution is -2.42. The molecule has 0 bridgehead atoms. The average molecular weight is 447 g/mol. The second-order valence-corrected chi connectivity index (χ2v) is 7.47. The molecule has 31 heavy (non-hydrogen) atoms. The van der Waals surface area contributed by atoms with E-state index in [1.807, 2.05) is 0 Å². The highest BCUT2D eigenvalue weighted by atomic mass is 35.5. The number of ether oxygens (including phenoxy) is 2. The average Bonchev–Trinajstić information content (AvgIpc) is 3.17. The van der Waals surface area contributed by atoms with E-state index >= 15 is 0 Å². The highest BCUT2D eigenvalue weighted by Gasteiger charge is 2.24. The molecule has 1 aromatic heterocycles. The van der Waals surface area contributed by atoms with E-state index in [0.717, 1.165) is 11.6 Å². The largest absolute Gasteiger partial charge is 0.382 e. The summed E-state index contributed by atoms with van der Waals surface area (Å²) in [6, 6.07) is 8.63. The Labute approximate surface area is 182 Å². The summed E-state index contributed by atoms with van der Waals surface area (Å²) in [5.74, 6) is -1.00. The van der Waals surface area contributed by atoms with Crippen molar-refractivity contribution in [1.82, 2.24) is 15.3 Å². The first-order valence-electron chi connectivity index (χ1n) is 9.59. The van der Waals surface area contributed by atoms with Crippen LogP contribution in [0.15, 0.2) is 36.4 Å². The minimum Gasteiger partial charge on any atom is -0.382 e. The minimum absolute atomic E-state index is 0.0942. The van der Waals surface area contributed by atoms with Gasteiger partial charge >= 0.3 is 0 Å². The third-order valence-corrected chi connectivity index (χ3v) is 5.15. The van der Waals surface area contributed by atoms with Crippen molar-refractivity contribution in [2.75, 3.05) is 38.4 Å². The molecule has 0 spiro atoms. The molecule has 8 nitrogen and oxygen atoms in total. The summed E-state index contributed by atoms with van der Waals surface area (Å²) in [6.07, 6.45) is 0. The number of carbonyl (C=O) groups is 2. The summed E-state index contributed by atoms with van der Waals surface area (Å²) in [6.45, 7) is 0.646. The van der Waals surface area contributed by atoms with Crippen LogP contribution < -0.4 is 10.2 Å². The van der Waals surface area contributed by atoms with Gasteiger partial charge in [-0.05, 0) is 36.4 Å². The first kappa shape index (κ1) is 21.2. The second kappa shape index (κ2) is 9.01. The lowest BCUT2D eigenvalue weighted by Gasteiger charge is -2.27. The van der Waals surface area contributed by atoms with Gasteiger partial charge in [-0.15, -0.1) is 0 Å². The van der Waals surface area contributed by atoms with Crippen molar-refractivity contribution in [1.29, 1.82) is 0 Å². The molecule has 162 valence electrons. The predicted molar refractivity (Wildman–Crippen MR) is 113 cm³/mol. The molecule has 1 atom stereocenters. The van der Waals surface area contributed by atoms with Gasteiger partial charge in [0.1, 0.15) is 24.3 Å².